The number of amides is 1. The van der Waals surface area contributed by atoms with Crippen LogP contribution in [0.15, 0.2) is 48.5 Å². The average Bonchev–Trinajstić information content (AvgIpc) is 3.13. The first-order valence-electron chi connectivity index (χ1n) is 9.82. The Kier molecular flexibility index (Phi) is 5.76. The molecule has 3 aromatic rings. The molecule has 4 rings (SSSR count). The Labute approximate surface area is 174 Å². The third-order valence-electron chi connectivity index (χ3n) is 5.37. The van der Waals surface area contributed by atoms with Crippen molar-refractivity contribution in [1.29, 1.82) is 0 Å². The number of benzene rings is 2. The van der Waals surface area contributed by atoms with Crippen LogP contribution in [-0.4, -0.2) is 27.8 Å². The molecule has 0 fully saturated rings. The number of ether oxygens (including phenoxy) is 1. The monoisotopic (exact) mass is 408 g/mol. The summed E-state index contributed by atoms with van der Waals surface area (Å²) in [4.78, 5) is 12.7. The summed E-state index contributed by atoms with van der Waals surface area (Å²) < 4.78 is 7.58. The van der Waals surface area contributed by atoms with E-state index in [4.69, 9.17) is 17.0 Å². The van der Waals surface area contributed by atoms with Crippen LogP contribution in [0.2, 0.25) is 0 Å². The molecule has 0 bridgehead atoms. The van der Waals surface area contributed by atoms with E-state index in [-0.39, 0.29) is 11.9 Å². The minimum absolute atomic E-state index is 0.0236. The smallest absolute Gasteiger partial charge is 0.222 e. The Morgan fingerprint density at radius 2 is 2.07 bits per heavy atom. The van der Waals surface area contributed by atoms with Gasteiger partial charge in [-0.3, -0.25) is 14.5 Å². The first kappa shape index (κ1) is 19.4. The highest BCUT2D eigenvalue weighted by atomic mass is 32.1. The number of carbonyl (C=O) groups is 1. The maximum atomic E-state index is 12.7. The van der Waals surface area contributed by atoms with Crippen LogP contribution in [0.1, 0.15) is 36.4 Å². The Morgan fingerprint density at radius 3 is 2.86 bits per heavy atom. The lowest BCUT2D eigenvalue weighted by molar-refractivity contribution is -0.122. The van der Waals surface area contributed by atoms with E-state index in [1.54, 1.807) is 7.11 Å². The van der Waals surface area contributed by atoms with Gasteiger partial charge in [0.05, 0.1) is 13.2 Å². The maximum Gasteiger partial charge on any atom is 0.222 e. The summed E-state index contributed by atoms with van der Waals surface area (Å²) in [6.45, 7) is 0.469. The molecule has 2 aromatic carbocycles. The second kappa shape index (κ2) is 8.61. The van der Waals surface area contributed by atoms with Crippen LogP contribution in [0.5, 0.6) is 5.75 Å². The number of H-pyrrole nitrogens is 1. The van der Waals surface area contributed by atoms with Crippen LogP contribution < -0.4 is 10.1 Å². The number of aryl methyl sites for hydroxylation is 1. The van der Waals surface area contributed by atoms with E-state index in [1.165, 1.54) is 11.1 Å². The minimum atomic E-state index is 0.0236. The predicted molar refractivity (Wildman–Crippen MR) is 114 cm³/mol. The summed E-state index contributed by atoms with van der Waals surface area (Å²) >= 11 is 5.38. The highest BCUT2D eigenvalue weighted by molar-refractivity contribution is 7.71. The number of rotatable bonds is 6. The van der Waals surface area contributed by atoms with Gasteiger partial charge in [0, 0.05) is 18.5 Å². The quantitative estimate of drug-likeness (QED) is 0.600. The van der Waals surface area contributed by atoms with Gasteiger partial charge in [0.15, 0.2) is 10.6 Å². The molecule has 150 valence electrons. The second-order valence-corrected chi connectivity index (χ2v) is 7.58. The van der Waals surface area contributed by atoms with Crippen LogP contribution in [0.25, 0.3) is 11.4 Å². The fraction of sp³-hybridized carbons (Fsp3) is 0.318. The molecule has 6 nitrogen and oxygen atoms in total. The van der Waals surface area contributed by atoms with Gasteiger partial charge in [-0.1, -0.05) is 24.3 Å². The summed E-state index contributed by atoms with van der Waals surface area (Å²) in [6, 6.07) is 16.1. The Bertz CT molecular complexity index is 1060. The molecule has 2 N–H and O–H groups in total. The Balaban J connectivity index is 1.44. The van der Waals surface area contributed by atoms with Crippen molar-refractivity contribution in [2.75, 3.05) is 7.11 Å². The third kappa shape index (κ3) is 4.24. The summed E-state index contributed by atoms with van der Waals surface area (Å²) in [5.41, 5.74) is 3.49. The van der Waals surface area contributed by atoms with E-state index >= 15 is 0 Å². The fourth-order valence-corrected chi connectivity index (χ4v) is 4.09. The molecule has 0 spiro atoms. The van der Waals surface area contributed by atoms with Crippen LogP contribution in [0, 0.1) is 4.77 Å². The van der Waals surface area contributed by atoms with Gasteiger partial charge in [0.25, 0.3) is 0 Å². The van der Waals surface area contributed by atoms with Crippen LogP contribution >= 0.6 is 12.2 Å². The van der Waals surface area contributed by atoms with Gasteiger partial charge < -0.3 is 10.1 Å². The zero-order chi connectivity index (χ0) is 20.2. The Morgan fingerprint density at radius 1 is 1.28 bits per heavy atom. The van der Waals surface area contributed by atoms with E-state index in [1.807, 2.05) is 34.9 Å². The lowest BCUT2D eigenvalue weighted by atomic mass is 9.88. The zero-order valence-corrected chi connectivity index (χ0v) is 17.2. The van der Waals surface area contributed by atoms with Gasteiger partial charge in [-0.15, -0.1) is 0 Å². The van der Waals surface area contributed by atoms with Gasteiger partial charge >= 0.3 is 0 Å². The fourth-order valence-electron chi connectivity index (χ4n) is 3.87. The first-order valence-corrected chi connectivity index (χ1v) is 10.2. The van der Waals surface area contributed by atoms with Gasteiger partial charge in [-0.2, -0.15) is 5.10 Å². The molecule has 1 atom stereocenters. The summed E-state index contributed by atoms with van der Waals surface area (Å²) in [5.74, 6) is 1.52. The number of hydrogen-bond acceptors (Lipinski definition) is 4. The van der Waals surface area contributed by atoms with Crippen molar-refractivity contribution in [3.63, 3.8) is 0 Å². The molecule has 0 aliphatic heterocycles. The van der Waals surface area contributed by atoms with Crippen molar-refractivity contribution in [3.8, 4) is 17.1 Å². The molecule has 0 saturated heterocycles. The standard InChI is InChI=1S/C22H24N4O2S/c1-28-17-11-9-16(10-12-17)21-24-25-22(29)26(21)14-13-20(27)23-19-8-4-6-15-5-2-3-7-18(15)19/h2-3,5,7,9-12,19H,4,6,8,13-14H2,1H3,(H,23,27)(H,25,29)/t19-/m1/s1. The average molecular weight is 409 g/mol. The Hall–Kier alpha value is -2.93. The summed E-state index contributed by atoms with van der Waals surface area (Å²) in [7, 11) is 1.63. The molecular formula is C22H24N4O2S. The maximum absolute atomic E-state index is 12.7. The summed E-state index contributed by atoms with van der Waals surface area (Å²) in [5, 5.41) is 10.4. The van der Waals surface area contributed by atoms with Crippen LogP contribution in [0.3, 0.4) is 0 Å². The molecule has 0 saturated carbocycles. The lowest BCUT2D eigenvalue weighted by Gasteiger charge is -2.26. The highest BCUT2D eigenvalue weighted by Gasteiger charge is 2.21. The number of carbonyl (C=O) groups excluding carboxylic acids is 1. The summed E-state index contributed by atoms with van der Waals surface area (Å²) in [6.07, 6.45) is 3.50. The van der Waals surface area contributed by atoms with Crippen molar-refractivity contribution in [1.82, 2.24) is 20.1 Å². The number of aromatic nitrogens is 3. The van der Waals surface area contributed by atoms with Gasteiger partial charge in [0.1, 0.15) is 5.75 Å². The second-order valence-electron chi connectivity index (χ2n) is 7.19. The van der Waals surface area contributed by atoms with Crippen LogP contribution in [-0.2, 0) is 17.8 Å². The van der Waals surface area contributed by atoms with Crippen molar-refractivity contribution >= 4 is 18.1 Å². The molecule has 1 aromatic heterocycles. The van der Waals surface area contributed by atoms with Crippen molar-refractivity contribution < 1.29 is 9.53 Å². The van der Waals surface area contributed by atoms with E-state index in [0.29, 0.717) is 23.6 Å². The SMILES string of the molecule is COc1ccc(-c2n[nH]c(=S)n2CCC(=O)N[C@@H]2CCCc3ccccc32)cc1. The van der Waals surface area contributed by atoms with Crippen molar-refractivity contribution in [2.24, 2.45) is 0 Å². The van der Waals surface area contributed by atoms with Gasteiger partial charge in [-0.25, -0.2) is 0 Å². The van der Waals surface area contributed by atoms with Crippen molar-refractivity contribution in [3.05, 3.63) is 64.4 Å². The van der Waals surface area contributed by atoms with Crippen LogP contribution in [0.4, 0.5) is 0 Å². The highest BCUT2D eigenvalue weighted by Crippen LogP contribution is 2.29. The number of fused-ring (bicyclic) bond motifs is 1. The molecule has 1 heterocycles. The molecular weight excluding hydrogens is 384 g/mol. The van der Waals surface area contributed by atoms with Gasteiger partial charge in [0.2, 0.25) is 5.91 Å². The number of hydrogen-bond donors (Lipinski definition) is 2. The first-order chi connectivity index (χ1) is 14.2. The van der Waals surface area contributed by atoms with E-state index in [9.17, 15) is 4.79 Å². The molecule has 7 heteroatoms. The zero-order valence-electron chi connectivity index (χ0n) is 16.4. The van der Waals surface area contributed by atoms with E-state index in [0.717, 1.165) is 30.6 Å². The van der Waals surface area contributed by atoms with Crippen molar-refractivity contribution in [2.45, 2.75) is 38.3 Å². The molecule has 1 aliphatic carbocycles. The number of nitrogens with zero attached hydrogens (tertiary/aromatic N) is 2. The number of methoxy groups -OCH3 is 1. The normalized spacial score (nSPS) is 15.6. The molecule has 0 radical (unpaired) electrons. The molecule has 29 heavy (non-hydrogen) atoms. The molecule has 1 amide bonds. The van der Waals surface area contributed by atoms with Gasteiger partial charge in [-0.05, 0) is 66.9 Å². The lowest BCUT2D eigenvalue weighted by Crippen LogP contribution is -2.31. The molecule has 0 unspecified atom stereocenters. The third-order valence-corrected chi connectivity index (χ3v) is 5.69. The minimum Gasteiger partial charge on any atom is -0.497 e. The predicted octanol–water partition coefficient (Wildman–Crippen LogP) is 4.20. The number of nitrogens with one attached hydrogen (secondary N) is 2. The largest absolute Gasteiger partial charge is 0.497 e. The van der Waals surface area contributed by atoms with E-state index < -0.39 is 0 Å². The number of aromatic amines is 1. The molecule has 1 aliphatic rings. The topological polar surface area (TPSA) is 71.9 Å². The van der Waals surface area contributed by atoms with E-state index in [2.05, 4.69) is 33.7 Å².